The van der Waals surface area contributed by atoms with Crippen molar-refractivity contribution in [3.05, 3.63) is 63.9 Å². The quantitative estimate of drug-likeness (QED) is 0.353. The fraction of sp³-hybridized carbons (Fsp3) is 0.625. The van der Waals surface area contributed by atoms with Crippen LogP contribution in [-0.2, 0) is 16.0 Å². The maximum absolute atomic E-state index is 11.4. The van der Waals surface area contributed by atoms with E-state index in [4.69, 9.17) is 21.1 Å². The molecule has 5 nitrogen and oxygen atoms in total. The van der Waals surface area contributed by atoms with Crippen LogP contribution >= 0.6 is 11.6 Å². The number of aryl methyl sites for hydroxylation is 1. The van der Waals surface area contributed by atoms with Gasteiger partial charge in [0.15, 0.2) is 0 Å². The summed E-state index contributed by atoms with van der Waals surface area (Å²) in [4.78, 5) is 2.55. The van der Waals surface area contributed by atoms with Gasteiger partial charge in [-0.3, -0.25) is 4.90 Å². The van der Waals surface area contributed by atoms with Crippen molar-refractivity contribution in [2.75, 3.05) is 27.9 Å². The van der Waals surface area contributed by atoms with Crippen LogP contribution in [0.1, 0.15) is 85.3 Å². The third-order valence-electron chi connectivity index (χ3n) is 6.65. The number of allylic oxidation sites excluding steroid dienone is 4. The molecule has 1 aromatic carbocycles. The highest BCUT2D eigenvalue weighted by molar-refractivity contribution is 6.31. The van der Waals surface area contributed by atoms with Gasteiger partial charge in [-0.05, 0) is 94.4 Å². The summed E-state index contributed by atoms with van der Waals surface area (Å²) < 4.78 is 15.2. The van der Waals surface area contributed by atoms with Gasteiger partial charge >= 0.3 is 0 Å². The summed E-state index contributed by atoms with van der Waals surface area (Å²) in [6.45, 7) is 17.9. The Labute approximate surface area is 238 Å². The number of hydrogen-bond donors (Lipinski definition) is 1. The molecule has 218 valence electrons. The zero-order valence-electron chi connectivity index (χ0n) is 25.9. The van der Waals surface area contributed by atoms with Gasteiger partial charge in [0, 0.05) is 32.8 Å². The molecule has 1 fully saturated rings. The van der Waals surface area contributed by atoms with Crippen LogP contribution in [0.4, 0.5) is 0 Å². The molecular formula is C32H54ClNO4. The van der Waals surface area contributed by atoms with Crippen LogP contribution in [0.15, 0.2) is 52.8 Å². The van der Waals surface area contributed by atoms with E-state index in [0.717, 1.165) is 30.7 Å². The normalized spacial score (nSPS) is 20.4. The van der Waals surface area contributed by atoms with Crippen LogP contribution in [0.25, 0.3) is 0 Å². The SMILES string of the molecule is CC.CC.CCOc1ccc(CN2C(C)CCC2CC(C)(O)C2=CC=C(Cl)C(OC)=CC2)c(C)c1.COC. The molecule has 0 saturated carbocycles. The minimum absolute atomic E-state index is 0.324. The molecule has 1 aliphatic carbocycles. The molecule has 1 heterocycles. The highest BCUT2D eigenvalue weighted by Crippen LogP contribution is 2.36. The van der Waals surface area contributed by atoms with Gasteiger partial charge in [0.25, 0.3) is 0 Å². The van der Waals surface area contributed by atoms with Gasteiger partial charge in [0.05, 0.1) is 24.4 Å². The van der Waals surface area contributed by atoms with Crippen molar-refractivity contribution >= 4 is 11.6 Å². The monoisotopic (exact) mass is 551 g/mol. The van der Waals surface area contributed by atoms with Crippen molar-refractivity contribution in [3.63, 3.8) is 0 Å². The van der Waals surface area contributed by atoms with Crippen LogP contribution in [0, 0.1) is 6.92 Å². The second kappa shape index (κ2) is 19.3. The molecule has 0 bridgehead atoms. The van der Waals surface area contributed by atoms with Crippen molar-refractivity contribution < 1.29 is 19.3 Å². The van der Waals surface area contributed by atoms with Crippen molar-refractivity contribution in [1.82, 2.24) is 4.90 Å². The first-order valence-electron chi connectivity index (χ1n) is 14.1. The molecule has 0 spiro atoms. The zero-order chi connectivity index (χ0) is 29.3. The van der Waals surface area contributed by atoms with E-state index in [1.54, 1.807) is 21.3 Å². The average molecular weight is 552 g/mol. The second-order valence-corrected chi connectivity index (χ2v) is 9.75. The number of halogens is 1. The molecule has 3 rings (SSSR count). The van der Waals surface area contributed by atoms with Crippen LogP contribution in [0.3, 0.4) is 0 Å². The van der Waals surface area contributed by atoms with Gasteiger partial charge in [-0.1, -0.05) is 51.4 Å². The van der Waals surface area contributed by atoms with Gasteiger partial charge < -0.3 is 19.3 Å². The molecule has 1 N–H and O–H groups in total. The second-order valence-electron chi connectivity index (χ2n) is 9.34. The Morgan fingerprint density at radius 3 is 2.26 bits per heavy atom. The Hall–Kier alpha value is -1.79. The molecule has 0 aromatic heterocycles. The van der Waals surface area contributed by atoms with Gasteiger partial charge in [-0.15, -0.1) is 0 Å². The van der Waals surface area contributed by atoms with E-state index < -0.39 is 5.60 Å². The van der Waals surface area contributed by atoms with E-state index in [2.05, 4.69) is 41.7 Å². The number of rotatable bonds is 8. The Bertz CT molecular complexity index is 891. The maximum atomic E-state index is 11.4. The number of nitrogens with zero attached hydrogens (tertiary/aromatic N) is 1. The standard InChI is InChI=1S/C26H36ClNO3.C2H6O.2C2H6/c1-6-31-23-12-8-20(18(2)15-23)17-28-19(3)7-11-22(28)16-26(4,29)21-9-13-24(27)25(30-5)14-10-21;1-3-2;2*1-2/h8-9,12-15,19,22,29H,6-7,10-11,16-17H2,1-5H3;1-2H3;2*1-2H3. The van der Waals surface area contributed by atoms with Crippen LogP contribution in [0.5, 0.6) is 5.75 Å². The minimum Gasteiger partial charge on any atom is -0.496 e. The molecule has 1 aromatic rings. The summed E-state index contributed by atoms with van der Waals surface area (Å²) >= 11 is 6.28. The lowest BCUT2D eigenvalue weighted by Crippen LogP contribution is -2.40. The number of ether oxygens (including phenoxy) is 3. The number of benzene rings is 1. The van der Waals surface area contributed by atoms with Gasteiger partial charge in [-0.25, -0.2) is 0 Å². The zero-order valence-corrected chi connectivity index (χ0v) is 26.6. The third kappa shape index (κ3) is 11.1. The summed E-state index contributed by atoms with van der Waals surface area (Å²) in [5.41, 5.74) is 2.63. The molecular weight excluding hydrogens is 498 g/mol. The van der Waals surface area contributed by atoms with Crippen molar-refractivity contribution in [2.45, 2.75) is 105 Å². The van der Waals surface area contributed by atoms with Crippen molar-refractivity contribution in [1.29, 1.82) is 0 Å². The molecule has 0 radical (unpaired) electrons. The smallest absolute Gasteiger partial charge is 0.133 e. The molecule has 3 unspecified atom stereocenters. The number of methoxy groups -OCH3 is 2. The predicted octanol–water partition coefficient (Wildman–Crippen LogP) is 8.19. The summed E-state index contributed by atoms with van der Waals surface area (Å²) in [6, 6.07) is 7.17. The first-order chi connectivity index (χ1) is 18.2. The lowest BCUT2D eigenvalue weighted by molar-refractivity contribution is 0.0488. The number of likely N-dealkylation sites (tertiary alicyclic amines) is 1. The molecule has 2 aliphatic rings. The highest BCUT2D eigenvalue weighted by Gasteiger charge is 2.37. The molecule has 38 heavy (non-hydrogen) atoms. The molecule has 6 heteroatoms. The lowest BCUT2D eigenvalue weighted by Gasteiger charge is -2.35. The summed E-state index contributed by atoms with van der Waals surface area (Å²) in [5.74, 6) is 1.58. The van der Waals surface area contributed by atoms with Gasteiger partial charge in [0.2, 0.25) is 0 Å². The fourth-order valence-corrected chi connectivity index (χ4v) is 4.94. The van der Waals surface area contributed by atoms with E-state index >= 15 is 0 Å². The molecule has 3 atom stereocenters. The van der Waals surface area contributed by atoms with Crippen LogP contribution < -0.4 is 4.74 Å². The van der Waals surface area contributed by atoms with Crippen LogP contribution in [-0.4, -0.2) is 55.6 Å². The summed E-state index contributed by atoms with van der Waals surface area (Å²) in [5, 5.41) is 12.0. The molecule has 1 aliphatic heterocycles. The fourth-order valence-electron chi connectivity index (χ4n) is 4.72. The summed E-state index contributed by atoms with van der Waals surface area (Å²) in [7, 11) is 4.87. The topological polar surface area (TPSA) is 51.2 Å². The summed E-state index contributed by atoms with van der Waals surface area (Å²) in [6.07, 6.45) is 9.29. The van der Waals surface area contributed by atoms with Crippen molar-refractivity contribution in [2.24, 2.45) is 0 Å². The Kier molecular flexibility index (Phi) is 18.4. The first-order valence-corrected chi connectivity index (χ1v) is 14.5. The Balaban J connectivity index is 0.00000179. The van der Waals surface area contributed by atoms with E-state index in [9.17, 15) is 5.11 Å². The molecule has 0 amide bonds. The third-order valence-corrected chi connectivity index (χ3v) is 6.96. The highest BCUT2D eigenvalue weighted by atomic mass is 35.5. The Morgan fingerprint density at radius 2 is 1.71 bits per heavy atom. The minimum atomic E-state index is -0.909. The number of hydrogen-bond acceptors (Lipinski definition) is 5. The Morgan fingerprint density at radius 1 is 1.08 bits per heavy atom. The average Bonchev–Trinajstić information content (AvgIpc) is 3.10. The predicted molar refractivity (Wildman–Crippen MR) is 163 cm³/mol. The van der Waals surface area contributed by atoms with E-state index in [0.29, 0.717) is 42.3 Å². The first kappa shape index (κ1) is 36.2. The van der Waals surface area contributed by atoms with Crippen LogP contribution in [0.2, 0.25) is 0 Å². The lowest BCUT2D eigenvalue weighted by atomic mass is 9.86. The largest absolute Gasteiger partial charge is 0.496 e. The molecule has 1 saturated heterocycles. The van der Waals surface area contributed by atoms with E-state index in [-0.39, 0.29) is 0 Å². The van der Waals surface area contributed by atoms with Gasteiger partial charge in [-0.2, -0.15) is 0 Å². The van der Waals surface area contributed by atoms with Crippen molar-refractivity contribution in [3.8, 4) is 5.75 Å². The maximum Gasteiger partial charge on any atom is 0.133 e. The number of aliphatic hydroxyl groups is 1. The van der Waals surface area contributed by atoms with Gasteiger partial charge in [0.1, 0.15) is 11.5 Å². The van der Waals surface area contributed by atoms with E-state index in [1.807, 2.05) is 59.8 Å². The van der Waals surface area contributed by atoms with E-state index in [1.165, 1.54) is 11.1 Å².